The lowest BCUT2D eigenvalue weighted by Crippen LogP contribution is -2.15. The van der Waals surface area contributed by atoms with E-state index in [9.17, 15) is 0 Å². The second-order valence-corrected chi connectivity index (χ2v) is 7.33. The van der Waals surface area contributed by atoms with Crippen molar-refractivity contribution in [2.24, 2.45) is 5.92 Å². The topological polar surface area (TPSA) is 0 Å². The van der Waals surface area contributed by atoms with Gasteiger partial charge in [0.1, 0.15) is 0 Å². The van der Waals surface area contributed by atoms with Crippen LogP contribution in [0.1, 0.15) is 70.3 Å². The molecule has 0 saturated heterocycles. The molecule has 19 heavy (non-hydrogen) atoms. The quantitative estimate of drug-likeness (QED) is 0.565. The van der Waals surface area contributed by atoms with Crippen LogP contribution in [0.2, 0.25) is 0 Å². The van der Waals surface area contributed by atoms with E-state index in [1.54, 1.807) is 5.56 Å². The Balaban J connectivity index is 2.43. The van der Waals surface area contributed by atoms with Gasteiger partial charge in [0.15, 0.2) is 0 Å². The van der Waals surface area contributed by atoms with Gasteiger partial charge in [-0.2, -0.15) is 0 Å². The molecule has 1 aromatic carbocycles. The molecule has 1 saturated carbocycles. The molecule has 0 spiro atoms. The molecular formula is C18H27Br. The van der Waals surface area contributed by atoms with Crippen LogP contribution >= 0.6 is 15.9 Å². The minimum absolute atomic E-state index is 0.547. The zero-order valence-corrected chi connectivity index (χ0v) is 14.7. The number of halogens is 1. The van der Waals surface area contributed by atoms with Crippen molar-refractivity contribution in [2.45, 2.75) is 71.5 Å². The van der Waals surface area contributed by atoms with Crippen LogP contribution in [-0.2, 0) is 0 Å². The molecule has 0 heterocycles. The molecule has 0 amide bonds. The molecule has 1 aliphatic carbocycles. The van der Waals surface area contributed by atoms with Gasteiger partial charge >= 0.3 is 0 Å². The predicted molar refractivity (Wildman–Crippen MR) is 88.4 cm³/mol. The van der Waals surface area contributed by atoms with Gasteiger partial charge in [-0.05, 0) is 86.8 Å². The number of hydrogen-bond acceptors (Lipinski definition) is 0. The summed E-state index contributed by atoms with van der Waals surface area (Å²) >= 11 is 4.04. The minimum Gasteiger partial charge on any atom is -0.0836 e. The Bertz CT molecular complexity index is 438. The lowest BCUT2D eigenvalue weighted by atomic mass is 9.80. The fourth-order valence-electron chi connectivity index (χ4n) is 3.61. The number of alkyl halides is 1. The monoisotopic (exact) mass is 322 g/mol. The second-order valence-electron chi connectivity index (χ2n) is 6.34. The average molecular weight is 323 g/mol. The van der Waals surface area contributed by atoms with Gasteiger partial charge in [-0.25, -0.2) is 0 Å². The van der Waals surface area contributed by atoms with Gasteiger partial charge in [-0.15, -0.1) is 0 Å². The Morgan fingerprint density at radius 3 is 1.63 bits per heavy atom. The van der Waals surface area contributed by atoms with Crippen molar-refractivity contribution in [1.82, 2.24) is 0 Å². The van der Waals surface area contributed by atoms with E-state index >= 15 is 0 Å². The Hall–Kier alpha value is -0.300. The average Bonchev–Trinajstić information content (AvgIpc) is 2.44. The van der Waals surface area contributed by atoms with Gasteiger partial charge in [0.05, 0.1) is 0 Å². The van der Waals surface area contributed by atoms with Crippen LogP contribution in [0.4, 0.5) is 0 Å². The summed E-state index contributed by atoms with van der Waals surface area (Å²) in [6, 6.07) is 0. The van der Waals surface area contributed by atoms with E-state index in [0.29, 0.717) is 4.83 Å². The first-order valence-corrected chi connectivity index (χ1v) is 8.57. The van der Waals surface area contributed by atoms with E-state index in [2.05, 4.69) is 50.5 Å². The van der Waals surface area contributed by atoms with Crippen LogP contribution in [0, 0.1) is 40.5 Å². The maximum absolute atomic E-state index is 4.04. The normalized spacial score (nSPS) is 18.6. The first-order chi connectivity index (χ1) is 8.95. The molecule has 0 aliphatic heterocycles. The maximum atomic E-state index is 4.04. The van der Waals surface area contributed by atoms with Crippen LogP contribution in [0.25, 0.3) is 0 Å². The van der Waals surface area contributed by atoms with Gasteiger partial charge < -0.3 is 0 Å². The van der Waals surface area contributed by atoms with Crippen LogP contribution in [0.3, 0.4) is 0 Å². The third kappa shape index (κ3) is 2.77. The highest BCUT2D eigenvalue weighted by atomic mass is 79.9. The summed E-state index contributed by atoms with van der Waals surface area (Å²) in [7, 11) is 0. The number of rotatable bonds is 2. The van der Waals surface area contributed by atoms with Crippen molar-refractivity contribution in [3.05, 3.63) is 33.4 Å². The Morgan fingerprint density at radius 1 is 0.737 bits per heavy atom. The molecule has 1 aromatic rings. The molecular weight excluding hydrogens is 296 g/mol. The van der Waals surface area contributed by atoms with Crippen LogP contribution in [-0.4, -0.2) is 0 Å². The SMILES string of the molecule is Cc1c(C)c(C)c(C(Br)C2CCCCC2)c(C)c1C. The molecule has 1 unspecified atom stereocenters. The fourth-order valence-corrected chi connectivity index (χ4v) is 4.82. The summed E-state index contributed by atoms with van der Waals surface area (Å²) in [5, 5.41) is 0. The third-order valence-electron chi connectivity index (χ3n) is 5.40. The summed E-state index contributed by atoms with van der Waals surface area (Å²) in [5.74, 6) is 0.827. The molecule has 1 atom stereocenters. The van der Waals surface area contributed by atoms with E-state index in [-0.39, 0.29) is 0 Å². The lowest BCUT2D eigenvalue weighted by molar-refractivity contribution is 0.353. The first-order valence-electron chi connectivity index (χ1n) is 7.66. The molecule has 2 rings (SSSR count). The van der Waals surface area contributed by atoms with Gasteiger partial charge in [0, 0.05) is 4.83 Å². The number of benzene rings is 1. The Morgan fingerprint density at radius 2 is 1.16 bits per heavy atom. The highest BCUT2D eigenvalue weighted by Crippen LogP contribution is 2.44. The van der Waals surface area contributed by atoms with Gasteiger partial charge in [0.2, 0.25) is 0 Å². The van der Waals surface area contributed by atoms with E-state index in [1.807, 2.05) is 0 Å². The summed E-state index contributed by atoms with van der Waals surface area (Å²) < 4.78 is 0. The number of hydrogen-bond donors (Lipinski definition) is 0. The lowest BCUT2D eigenvalue weighted by Gasteiger charge is -2.30. The largest absolute Gasteiger partial charge is 0.0836 e. The van der Waals surface area contributed by atoms with E-state index in [0.717, 1.165) is 5.92 Å². The van der Waals surface area contributed by atoms with Crippen molar-refractivity contribution in [3.8, 4) is 0 Å². The highest BCUT2D eigenvalue weighted by molar-refractivity contribution is 9.09. The molecule has 1 heteroatoms. The molecule has 1 aliphatic rings. The van der Waals surface area contributed by atoms with E-state index < -0.39 is 0 Å². The standard InChI is InChI=1S/C18H27Br/c1-11-12(2)14(4)17(15(5)13(11)3)18(19)16-9-7-6-8-10-16/h16,18H,6-10H2,1-5H3. The first kappa shape index (κ1) is 15.1. The highest BCUT2D eigenvalue weighted by Gasteiger charge is 2.26. The Kier molecular flexibility index (Phi) is 4.76. The summed E-state index contributed by atoms with van der Waals surface area (Å²) in [5.41, 5.74) is 9.03. The van der Waals surface area contributed by atoms with Crippen molar-refractivity contribution < 1.29 is 0 Å². The zero-order chi connectivity index (χ0) is 14.2. The summed E-state index contributed by atoms with van der Waals surface area (Å²) in [4.78, 5) is 0.547. The van der Waals surface area contributed by atoms with Crippen molar-refractivity contribution in [3.63, 3.8) is 0 Å². The maximum Gasteiger partial charge on any atom is 0.0428 e. The molecule has 0 radical (unpaired) electrons. The summed E-state index contributed by atoms with van der Waals surface area (Å²) in [6.07, 6.45) is 7.03. The van der Waals surface area contributed by atoms with E-state index in [1.165, 1.54) is 59.9 Å². The molecule has 0 bridgehead atoms. The second kappa shape index (κ2) is 5.99. The predicted octanol–water partition coefficient (Wildman–Crippen LogP) is 6.25. The molecule has 1 fully saturated rings. The molecule has 0 aromatic heterocycles. The van der Waals surface area contributed by atoms with Gasteiger partial charge in [0.25, 0.3) is 0 Å². The third-order valence-corrected chi connectivity index (χ3v) is 6.60. The smallest absolute Gasteiger partial charge is 0.0428 e. The Labute approximate surface area is 127 Å². The molecule has 0 N–H and O–H groups in total. The van der Waals surface area contributed by atoms with Crippen LogP contribution < -0.4 is 0 Å². The van der Waals surface area contributed by atoms with Crippen molar-refractivity contribution in [2.75, 3.05) is 0 Å². The fraction of sp³-hybridized carbons (Fsp3) is 0.667. The van der Waals surface area contributed by atoms with Crippen molar-refractivity contribution in [1.29, 1.82) is 0 Å². The minimum atomic E-state index is 0.547. The molecule has 106 valence electrons. The van der Waals surface area contributed by atoms with Gasteiger partial charge in [-0.3, -0.25) is 0 Å². The van der Waals surface area contributed by atoms with Crippen LogP contribution in [0.5, 0.6) is 0 Å². The van der Waals surface area contributed by atoms with Crippen LogP contribution in [0.15, 0.2) is 0 Å². The van der Waals surface area contributed by atoms with Gasteiger partial charge in [-0.1, -0.05) is 35.2 Å². The van der Waals surface area contributed by atoms with E-state index in [4.69, 9.17) is 0 Å². The zero-order valence-electron chi connectivity index (χ0n) is 13.1. The van der Waals surface area contributed by atoms with Crippen molar-refractivity contribution >= 4 is 15.9 Å². The molecule has 0 nitrogen and oxygen atoms in total. The summed E-state index contributed by atoms with van der Waals surface area (Å²) in [6.45, 7) is 11.4.